The summed E-state index contributed by atoms with van der Waals surface area (Å²) >= 11 is 0. The third-order valence-electron chi connectivity index (χ3n) is 2.09. The molecule has 3 heteroatoms. The van der Waals surface area contributed by atoms with Crippen LogP contribution in [-0.2, 0) is 0 Å². The van der Waals surface area contributed by atoms with Crippen molar-refractivity contribution < 1.29 is 5.21 Å². The Morgan fingerprint density at radius 1 is 1.64 bits per heavy atom. The monoisotopic (exact) mass is 156 g/mol. The first kappa shape index (κ1) is 8.53. The van der Waals surface area contributed by atoms with Crippen LogP contribution in [-0.4, -0.2) is 35.5 Å². The zero-order valence-corrected chi connectivity index (χ0v) is 7.08. The van der Waals surface area contributed by atoms with E-state index < -0.39 is 0 Å². The molecule has 0 bridgehead atoms. The van der Waals surface area contributed by atoms with Gasteiger partial charge >= 0.3 is 0 Å². The molecule has 1 saturated heterocycles. The lowest BCUT2D eigenvalue weighted by Gasteiger charge is -2.11. The van der Waals surface area contributed by atoms with Gasteiger partial charge in [0, 0.05) is 19.5 Å². The summed E-state index contributed by atoms with van der Waals surface area (Å²) < 4.78 is 0. The molecule has 0 aromatic heterocycles. The van der Waals surface area contributed by atoms with Crippen molar-refractivity contribution in [1.29, 1.82) is 0 Å². The van der Waals surface area contributed by atoms with Crippen molar-refractivity contribution in [3.8, 4) is 0 Å². The van der Waals surface area contributed by atoms with Gasteiger partial charge in [0.05, 0.1) is 5.71 Å². The van der Waals surface area contributed by atoms with Gasteiger partial charge in [-0.2, -0.15) is 0 Å². The Hall–Kier alpha value is -0.570. The molecule has 64 valence electrons. The minimum atomic E-state index is 0.872. The van der Waals surface area contributed by atoms with E-state index in [1.54, 1.807) is 0 Å². The molecule has 0 aliphatic carbocycles. The highest BCUT2D eigenvalue weighted by Crippen LogP contribution is 2.06. The van der Waals surface area contributed by atoms with Gasteiger partial charge in [-0.05, 0) is 13.0 Å². The number of hydrogen-bond acceptors (Lipinski definition) is 3. The fourth-order valence-corrected chi connectivity index (χ4v) is 1.36. The minimum Gasteiger partial charge on any atom is -0.411 e. The summed E-state index contributed by atoms with van der Waals surface area (Å²) in [5.74, 6) is 0. The number of likely N-dealkylation sites (tertiary alicyclic amines) is 1. The van der Waals surface area contributed by atoms with E-state index in [0.29, 0.717) is 0 Å². The van der Waals surface area contributed by atoms with Crippen molar-refractivity contribution >= 4 is 5.71 Å². The molecule has 1 fully saturated rings. The van der Waals surface area contributed by atoms with Crippen molar-refractivity contribution in [1.82, 2.24) is 4.90 Å². The highest BCUT2D eigenvalue weighted by Gasteiger charge is 2.16. The molecule has 3 nitrogen and oxygen atoms in total. The lowest BCUT2D eigenvalue weighted by molar-refractivity contribution is 0.313. The molecule has 1 heterocycles. The van der Waals surface area contributed by atoms with Crippen molar-refractivity contribution in [3.63, 3.8) is 0 Å². The molecule has 1 aliphatic rings. The van der Waals surface area contributed by atoms with Crippen LogP contribution < -0.4 is 0 Å². The Labute approximate surface area is 67.7 Å². The smallest absolute Gasteiger partial charge is 0.0723 e. The molecule has 0 aromatic carbocycles. The molecule has 1 aliphatic heterocycles. The van der Waals surface area contributed by atoms with Crippen molar-refractivity contribution in [3.05, 3.63) is 0 Å². The van der Waals surface area contributed by atoms with E-state index >= 15 is 0 Å². The van der Waals surface area contributed by atoms with E-state index in [1.165, 1.54) is 12.8 Å². The van der Waals surface area contributed by atoms with Crippen molar-refractivity contribution in [2.45, 2.75) is 26.2 Å². The summed E-state index contributed by atoms with van der Waals surface area (Å²) in [5, 5.41) is 11.7. The second-order valence-electron chi connectivity index (χ2n) is 3.05. The zero-order valence-electron chi connectivity index (χ0n) is 7.08. The van der Waals surface area contributed by atoms with E-state index in [4.69, 9.17) is 5.21 Å². The van der Waals surface area contributed by atoms with Crippen LogP contribution in [0.5, 0.6) is 0 Å². The quantitative estimate of drug-likeness (QED) is 0.494. The van der Waals surface area contributed by atoms with Gasteiger partial charge in [-0.25, -0.2) is 0 Å². The lowest BCUT2D eigenvalue weighted by atomic mass is 10.3. The molecular weight excluding hydrogens is 140 g/mol. The summed E-state index contributed by atoms with van der Waals surface area (Å²) in [6, 6.07) is 0. The SMILES string of the molecule is CCCCN1CC/C(=N\O)C1. The van der Waals surface area contributed by atoms with Crippen LogP contribution in [0.1, 0.15) is 26.2 Å². The average molecular weight is 156 g/mol. The van der Waals surface area contributed by atoms with Gasteiger partial charge < -0.3 is 5.21 Å². The minimum absolute atomic E-state index is 0.872. The normalized spacial score (nSPS) is 23.2. The highest BCUT2D eigenvalue weighted by molar-refractivity contribution is 5.87. The van der Waals surface area contributed by atoms with E-state index in [2.05, 4.69) is 17.0 Å². The molecule has 1 N–H and O–H groups in total. The molecular formula is C8H16N2O. The van der Waals surface area contributed by atoms with Crippen molar-refractivity contribution in [2.75, 3.05) is 19.6 Å². The lowest BCUT2D eigenvalue weighted by Crippen LogP contribution is -2.21. The zero-order chi connectivity index (χ0) is 8.10. The predicted molar refractivity (Wildman–Crippen MR) is 45.2 cm³/mol. The van der Waals surface area contributed by atoms with E-state index in [0.717, 1.165) is 31.8 Å². The van der Waals surface area contributed by atoms with Crippen LogP contribution in [0.2, 0.25) is 0 Å². The largest absolute Gasteiger partial charge is 0.411 e. The molecule has 11 heavy (non-hydrogen) atoms. The maximum absolute atomic E-state index is 8.47. The first-order chi connectivity index (χ1) is 5.36. The van der Waals surface area contributed by atoms with Gasteiger partial charge in [-0.1, -0.05) is 18.5 Å². The summed E-state index contributed by atoms with van der Waals surface area (Å²) in [6.45, 7) is 5.28. The summed E-state index contributed by atoms with van der Waals surface area (Å²) in [5.41, 5.74) is 0.932. The van der Waals surface area contributed by atoms with Gasteiger partial charge in [0.15, 0.2) is 0 Å². The van der Waals surface area contributed by atoms with Crippen LogP contribution in [0.4, 0.5) is 0 Å². The maximum Gasteiger partial charge on any atom is 0.0723 e. The Kier molecular flexibility index (Phi) is 3.36. The number of oxime groups is 1. The maximum atomic E-state index is 8.47. The topological polar surface area (TPSA) is 35.8 Å². The Bertz CT molecular complexity index is 145. The van der Waals surface area contributed by atoms with Crippen LogP contribution in [0.3, 0.4) is 0 Å². The summed E-state index contributed by atoms with van der Waals surface area (Å²) in [7, 11) is 0. The van der Waals surface area contributed by atoms with Crippen LogP contribution >= 0.6 is 0 Å². The fourth-order valence-electron chi connectivity index (χ4n) is 1.36. The van der Waals surface area contributed by atoms with E-state index in [1.807, 2.05) is 0 Å². The Morgan fingerprint density at radius 2 is 2.45 bits per heavy atom. The first-order valence-corrected chi connectivity index (χ1v) is 4.29. The second-order valence-corrected chi connectivity index (χ2v) is 3.05. The number of hydrogen-bond donors (Lipinski definition) is 1. The third-order valence-corrected chi connectivity index (χ3v) is 2.09. The molecule has 0 spiro atoms. The third kappa shape index (κ3) is 2.50. The summed E-state index contributed by atoms with van der Waals surface area (Å²) in [6.07, 6.45) is 3.43. The van der Waals surface area contributed by atoms with Crippen LogP contribution in [0.25, 0.3) is 0 Å². The number of nitrogens with zero attached hydrogens (tertiary/aromatic N) is 2. The van der Waals surface area contributed by atoms with E-state index in [9.17, 15) is 0 Å². The second kappa shape index (κ2) is 4.34. The highest BCUT2D eigenvalue weighted by atomic mass is 16.4. The number of rotatable bonds is 3. The Balaban J connectivity index is 2.19. The van der Waals surface area contributed by atoms with Crippen LogP contribution in [0, 0.1) is 0 Å². The van der Waals surface area contributed by atoms with Gasteiger partial charge in [0.1, 0.15) is 0 Å². The molecule has 0 atom stereocenters. The summed E-state index contributed by atoms with van der Waals surface area (Å²) in [4.78, 5) is 2.33. The molecule has 0 aromatic rings. The molecule has 1 rings (SSSR count). The molecule has 0 radical (unpaired) electrons. The predicted octanol–water partition coefficient (Wildman–Crippen LogP) is 1.32. The Morgan fingerprint density at radius 3 is 3.00 bits per heavy atom. The average Bonchev–Trinajstić information content (AvgIpc) is 2.48. The molecule has 0 saturated carbocycles. The fraction of sp³-hybridized carbons (Fsp3) is 0.875. The van der Waals surface area contributed by atoms with Gasteiger partial charge in [-0.15, -0.1) is 0 Å². The first-order valence-electron chi connectivity index (χ1n) is 4.29. The standard InChI is InChI=1S/C8H16N2O/c1-2-3-5-10-6-4-8(7-10)9-11/h11H,2-7H2,1H3/b9-8+. The van der Waals surface area contributed by atoms with Gasteiger partial charge in [-0.3, -0.25) is 4.90 Å². The van der Waals surface area contributed by atoms with Crippen LogP contribution in [0.15, 0.2) is 5.16 Å². The molecule has 0 amide bonds. The van der Waals surface area contributed by atoms with E-state index in [-0.39, 0.29) is 0 Å². The molecule has 0 unspecified atom stereocenters. The van der Waals surface area contributed by atoms with Crippen molar-refractivity contribution in [2.24, 2.45) is 5.16 Å². The number of unbranched alkanes of at least 4 members (excludes halogenated alkanes) is 1. The van der Waals surface area contributed by atoms with Gasteiger partial charge in [0.25, 0.3) is 0 Å². The van der Waals surface area contributed by atoms with Gasteiger partial charge in [0.2, 0.25) is 0 Å².